The molecule has 0 aliphatic carbocycles. The van der Waals surface area contributed by atoms with Crippen LogP contribution >= 0.6 is 0 Å². The van der Waals surface area contributed by atoms with Gasteiger partial charge in [0.1, 0.15) is 29.4 Å². The first-order chi connectivity index (χ1) is 11.5. The van der Waals surface area contributed by atoms with Gasteiger partial charge in [0.25, 0.3) is 5.91 Å². The minimum atomic E-state index is -0.554. The molecule has 1 fully saturated rings. The molecule has 0 saturated carbocycles. The SMILES string of the molecule is O=C(c1c(O)cc(O)cc1OCc1ccccc1)N1CC[C@H](O)C1. The molecule has 3 rings (SSSR count). The van der Waals surface area contributed by atoms with Crippen LogP contribution in [0.15, 0.2) is 42.5 Å². The number of hydrogen-bond acceptors (Lipinski definition) is 5. The van der Waals surface area contributed by atoms with Crippen LogP contribution < -0.4 is 4.74 Å². The average molecular weight is 329 g/mol. The number of phenolic OH excluding ortho intramolecular Hbond substituents is 2. The fraction of sp³-hybridized carbons (Fsp3) is 0.278. The van der Waals surface area contributed by atoms with Crippen LogP contribution in [-0.4, -0.2) is 45.3 Å². The second-order valence-electron chi connectivity index (χ2n) is 5.81. The molecule has 0 radical (unpaired) electrons. The Balaban J connectivity index is 1.86. The number of aromatic hydroxyl groups is 2. The molecule has 2 aromatic rings. The van der Waals surface area contributed by atoms with Crippen molar-refractivity contribution in [2.75, 3.05) is 13.1 Å². The first-order valence-electron chi connectivity index (χ1n) is 7.74. The van der Waals surface area contributed by atoms with Gasteiger partial charge in [-0.15, -0.1) is 0 Å². The Labute approximate surface area is 139 Å². The van der Waals surface area contributed by atoms with E-state index >= 15 is 0 Å². The van der Waals surface area contributed by atoms with E-state index in [0.717, 1.165) is 11.6 Å². The van der Waals surface area contributed by atoms with Crippen molar-refractivity contribution in [3.63, 3.8) is 0 Å². The second-order valence-corrected chi connectivity index (χ2v) is 5.81. The van der Waals surface area contributed by atoms with Gasteiger partial charge in [-0.25, -0.2) is 0 Å². The van der Waals surface area contributed by atoms with Gasteiger partial charge in [0, 0.05) is 25.2 Å². The molecule has 1 aliphatic heterocycles. The molecule has 3 N–H and O–H groups in total. The van der Waals surface area contributed by atoms with Crippen LogP contribution in [0.5, 0.6) is 17.2 Å². The fourth-order valence-electron chi connectivity index (χ4n) is 2.74. The number of hydrogen-bond donors (Lipinski definition) is 3. The normalized spacial score (nSPS) is 17.0. The maximum atomic E-state index is 12.6. The van der Waals surface area contributed by atoms with E-state index in [1.165, 1.54) is 11.0 Å². The minimum Gasteiger partial charge on any atom is -0.508 e. The summed E-state index contributed by atoms with van der Waals surface area (Å²) in [5.74, 6) is -0.840. The fourth-order valence-corrected chi connectivity index (χ4v) is 2.74. The average Bonchev–Trinajstić information content (AvgIpc) is 2.99. The van der Waals surface area contributed by atoms with Gasteiger partial charge in [-0.05, 0) is 12.0 Å². The molecule has 6 nitrogen and oxygen atoms in total. The van der Waals surface area contributed by atoms with Crippen molar-refractivity contribution in [1.29, 1.82) is 0 Å². The van der Waals surface area contributed by atoms with Crippen molar-refractivity contribution in [2.45, 2.75) is 19.1 Å². The summed E-state index contributed by atoms with van der Waals surface area (Å²) in [7, 11) is 0. The van der Waals surface area contributed by atoms with E-state index in [1.807, 2.05) is 30.3 Å². The highest BCUT2D eigenvalue weighted by molar-refractivity contribution is 6.00. The number of ether oxygens (including phenoxy) is 1. The molecule has 0 spiro atoms. The van der Waals surface area contributed by atoms with Gasteiger partial charge in [0.2, 0.25) is 0 Å². The van der Waals surface area contributed by atoms with Crippen LogP contribution in [-0.2, 0) is 6.61 Å². The summed E-state index contributed by atoms with van der Waals surface area (Å²) in [4.78, 5) is 14.1. The topological polar surface area (TPSA) is 90.2 Å². The first-order valence-corrected chi connectivity index (χ1v) is 7.74. The summed E-state index contributed by atoms with van der Waals surface area (Å²) in [5.41, 5.74) is 0.896. The number of aliphatic hydroxyl groups is 1. The molecule has 6 heteroatoms. The zero-order valence-corrected chi connectivity index (χ0v) is 13.1. The van der Waals surface area contributed by atoms with Gasteiger partial charge in [0.15, 0.2) is 0 Å². The Morgan fingerprint density at radius 3 is 2.62 bits per heavy atom. The summed E-state index contributed by atoms with van der Waals surface area (Å²) >= 11 is 0. The molecule has 1 saturated heterocycles. The number of nitrogens with zero attached hydrogens (tertiary/aromatic N) is 1. The van der Waals surface area contributed by atoms with E-state index in [2.05, 4.69) is 0 Å². The van der Waals surface area contributed by atoms with Crippen molar-refractivity contribution < 1.29 is 24.9 Å². The third-order valence-electron chi connectivity index (χ3n) is 3.97. The van der Waals surface area contributed by atoms with E-state index in [-0.39, 0.29) is 36.0 Å². The van der Waals surface area contributed by atoms with E-state index in [1.54, 1.807) is 0 Å². The number of rotatable bonds is 4. The molecular formula is C18H19NO5. The predicted molar refractivity (Wildman–Crippen MR) is 87.1 cm³/mol. The highest BCUT2D eigenvalue weighted by Crippen LogP contribution is 2.35. The molecule has 0 aromatic heterocycles. The molecule has 24 heavy (non-hydrogen) atoms. The lowest BCUT2D eigenvalue weighted by Gasteiger charge is -2.19. The van der Waals surface area contributed by atoms with Crippen molar-refractivity contribution in [2.24, 2.45) is 0 Å². The van der Waals surface area contributed by atoms with Gasteiger partial charge >= 0.3 is 0 Å². The van der Waals surface area contributed by atoms with Gasteiger partial charge in [-0.1, -0.05) is 30.3 Å². The van der Waals surface area contributed by atoms with E-state index in [0.29, 0.717) is 13.0 Å². The van der Waals surface area contributed by atoms with E-state index in [4.69, 9.17) is 4.74 Å². The van der Waals surface area contributed by atoms with Gasteiger partial charge < -0.3 is 25.0 Å². The van der Waals surface area contributed by atoms with Gasteiger partial charge in [0.05, 0.1) is 6.10 Å². The number of carbonyl (C=O) groups is 1. The standard InChI is InChI=1S/C18H19NO5/c20-13-6-7-19(10-13)18(23)17-15(22)8-14(21)9-16(17)24-11-12-4-2-1-3-5-12/h1-5,8-9,13,20-22H,6-7,10-11H2/t13-/m0/s1. The highest BCUT2D eigenvalue weighted by Gasteiger charge is 2.29. The van der Waals surface area contributed by atoms with Crippen LogP contribution in [0, 0.1) is 0 Å². The number of aliphatic hydroxyl groups excluding tert-OH is 1. The lowest BCUT2D eigenvalue weighted by atomic mass is 10.1. The van der Waals surface area contributed by atoms with Crippen LogP contribution in [0.3, 0.4) is 0 Å². The maximum absolute atomic E-state index is 12.6. The highest BCUT2D eigenvalue weighted by atomic mass is 16.5. The van der Waals surface area contributed by atoms with Crippen molar-refractivity contribution in [3.8, 4) is 17.2 Å². The molecule has 0 bridgehead atoms. The minimum absolute atomic E-state index is 0.00201. The largest absolute Gasteiger partial charge is 0.508 e. The van der Waals surface area contributed by atoms with E-state index in [9.17, 15) is 20.1 Å². The zero-order chi connectivity index (χ0) is 17.1. The molecule has 1 amide bonds. The maximum Gasteiger partial charge on any atom is 0.261 e. The summed E-state index contributed by atoms with van der Waals surface area (Å²) in [5, 5.41) is 29.4. The molecule has 1 atom stereocenters. The Morgan fingerprint density at radius 1 is 1.21 bits per heavy atom. The molecule has 0 unspecified atom stereocenters. The number of phenols is 2. The van der Waals surface area contributed by atoms with Crippen LogP contribution in [0.2, 0.25) is 0 Å². The Bertz CT molecular complexity index is 732. The molecule has 1 aliphatic rings. The third kappa shape index (κ3) is 3.44. The molecule has 2 aromatic carbocycles. The second kappa shape index (κ2) is 6.80. The van der Waals surface area contributed by atoms with Crippen LogP contribution in [0.25, 0.3) is 0 Å². The Hall–Kier alpha value is -2.73. The van der Waals surface area contributed by atoms with Gasteiger partial charge in [-0.2, -0.15) is 0 Å². The summed E-state index contributed by atoms with van der Waals surface area (Å²) in [6.07, 6.45) is -0.0490. The molecule has 1 heterocycles. The third-order valence-corrected chi connectivity index (χ3v) is 3.97. The predicted octanol–water partition coefficient (Wildman–Crippen LogP) is 1.88. The van der Waals surface area contributed by atoms with E-state index < -0.39 is 12.0 Å². The number of β-amino-alcohol motifs (C(OH)–C–C–N with tert-alkyl or cyclic N) is 1. The van der Waals surface area contributed by atoms with Crippen molar-refractivity contribution in [1.82, 2.24) is 4.90 Å². The lowest BCUT2D eigenvalue weighted by molar-refractivity contribution is 0.0756. The van der Waals surface area contributed by atoms with Gasteiger partial charge in [-0.3, -0.25) is 4.79 Å². The summed E-state index contributed by atoms with van der Waals surface area (Å²) < 4.78 is 5.66. The number of benzene rings is 2. The van der Waals surface area contributed by atoms with Crippen molar-refractivity contribution >= 4 is 5.91 Å². The Morgan fingerprint density at radius 2 is 1.96 bits per heavy atom. The monoisotopic (exact) mass is 329 g/mol. The molecular weight excluding hydrogens is 310 g/mol. The zero-order valence-electron chi connectivity index (χ0n) is 13.1. The number of amides is 1. The summed E-state index contributed by atoms with van der Waals surface area (Å²) in [6, 6.07) is 11.8. The Kier molecular flexibility index (Phi) is 4.57. The van der Waals surface area contributed by atoms with Crippen molar-refractivity contribution in [3.05, 3.63) is 53.6 Å². The smallest absolute Gasteiger partial charge is 0.261 e. The number of carbonyl (C=O) groups excluding carboxylic acids is 1. The lowest BCUT2D eigenvalue weighted by Crippen LogP contribution is -2.30. The van der Waals surface area contributed by atoms with Crippen LogP contribution in [0.4, 0.5) is 0 Å². The van der Waals surface area contributed by atoms with Crippen LogP contribution in [0.1, 0.15) is 22.3 Å². The molecule has 126 valence electrons. The summed E-state index contributed by atoms with van der Waals surface area (Å²) in [6.45, 7) is 0.836. The quantitative estimate of drug-likeness (QED) is 0.797. The number of likely N-dealkylation sites (tertiary alicyclic amines) is 1. The first kappa shape index (κ1) is 16.1.